The fourth-order valence-electron chi connectivity index (χ4n) is 1.09. The van der Waals surface area contributed by atoms with Gasteiger partial charge in [0.05, 0.1) is 18.4 Å². The third-order valence-electron chi connectivity index (χ3n) is 1.85. The fraction of sp³-hybridized carbons (Fsp3) is 0.200. The van der Waals surface area contributed by atoms with Crippen molar-refractivity contribution in [3.63, 3.8) is 0 Å². The molecule has 0 fully saturated rings. The molecule has 5 heteroatoms. The number of ether oxygens (including phenoxy) is 1. The van der Waals surface area contributed by atoms with Crippen LogP contribution in [-0.2, 0) is 9.53 Å². The van der Waals surface area contributed by atoms with E-state index in [0.29, 0.717) is 0 Å². The molecule has 1 rings (SSSR count). The Balaban J connectivity index is 3.40. The van der Waals surface area contributed by atoms with Crippen LogP contribution in [0.4, 0.5) is 10.1 Å². The minimum atomic E-state index is -0.674. The van der Waals surface area contributed by atoms with Crippen LogP contribution in [0.15, 0.2) is 17.1 Å². The van der Waals surface area contributed by atoms with Gasteiger partial charge in [-0.3, -0.25) is 0 Å². The lowest BCUT2D eigenvalue weighted by molar-refractivity contribution is 0.0601. The number of rotatable bonds is 2. The van der Waals surface area contributed by atoms with Gasteiger partial charge in [-0.2, -0.15) is 4.99 Å². The zero-order valence-corrected chi connectivity index (χ0v) is 8.20. The number of aryl methyl sites for hydroxylation is 1. The average Bonchev–Trinajstić information content (AvgIpc) is 2.22. The Morgan fingerprint density at radius 1 is 1.53 bits per heavy atom. The number of aliphatic imine (C=N–C) groups is 1. The largest absolute Gasteiger partial charge is 0.465 e. The molecule has 4 nitrogen and oxygen atoms in total. The Hall–Kier alpha value is -2.00. The number of halogens is 1. The molecule has 0 unspecified atom stereocenters. The van der Waals surface area contributed by atoms with E-state index in [2.05, 4.69) is 9.73 Å². The van der Waals surface area contributed by atoms with Crippen molar-refractivity contribution >= 4 is 17.7 Å². The van der Waals surface area contributed by atoms with Crippen LogP contribution < -0.4 is 0 Å². The van der Waals surface area contributed by atoms with Crippen LogP contribution in [-0.4, -0.2) is 19.2 Å². The Morgan fingerprint density at radius 2 is 2.20 bits per heavy atom. The number of carbonyl (C=O) groups is 1. The molecule has 0 atom stereocenters. The fourth-order valence-corrected chi connectivity index (χ4v) is 1.09. The van der Waals surface area contributed by atoms with Gasteiger partial charge in [0.15, 0.2) is 0 Å². The van der Waals surface area contributed by atoms with E-state index in [4.69, 9.17) is 0 Å². The van der Waals surface area contributed by atoms with E-state index in [9.17, 15) is 14.0 Å². The topological polar surface area (TPSA) is 55.7 Å². The molecule has 0 bridgehead atoms. The molecule has 0 saturated heterocycles. The molecule has 15 heavy (non-hydrogen) atoms. The molecular weight excluding hydrogens is 201 g/mol. The Morgan fingerprint density at radius 3 is 2.73 bits per heavy atom. The van der Waals surface area contributed by atoms with Crippen LogP contribution in [0.25, 0.3) is 0 Å². The molecule has 0 spiro atoms. The molecule has 0 saturated carbocycles. The van der Waals surface area contributed by atoms with E-state index >= 15 is 0 Å². The first-order chi connectivity index (χ1) is 7.10. The highest BCUT2D eigenvalue weighted by atomic mass is 19.1. The highest BCUT2D eigenvalue weighted by molar-refractivity contribution is 5.95. The number of nitrogens with zero attached hydrogens (tertiary/aromatic N) is 1. The molecule has 78 valence electrons. The van der Waals surface area contributed by atoms with Crippen molar-refractivity contribution in [3.05, 3.63) is 29.1 Å². The minimum absolute atomic E-state index is 0.0414. The number of isocyanates is 1. The summed E-state index contributed by atoms with van der Waals surface area (Å²) in [5, 5.41) is 0. The van der Waals surface area contributed by atoms with Gasteiger partial charge in [0.1, 0.15) is 5.82 Å². The van der Waals surface area contributed by atoms with Crippen LogP contribution in [0.3, 0.4) is 0 Å². The van der Waals surface area contributed by atoms with Gasteiger partial charge in [-0.1, -0.05) is 0 Å². The predicted molar refractivity (Wildman–Crippen MR) is 50.3 cm³/mol. The summed E-state index contributed by atoms with van der Waals surface area (Å²) in [6, 6.07) is 2.27. The molecule has 0 radical (unpaired) electrons. The Labute approximate surface area is 85.4 Å². The normalized spacial score (nSPS) is 9.27. The minimum Gasteiger partial charge on any atom is -0.465 e. The molecular formula is C10H8FNO3. The summed E-state index contributed by atoms with van der Waals surface area (Å²) in [5.41, 5.74) is 0.236. The molecule has 0 aliphatic carbocycles. The maximum absolute atomic E-state index is 13.1. The standard InChI is InChI=1S/C10H8FNO3/c1-6-3-7(10(14)15-2)9(12-5-13)4-8(6)11/h3-4H,1-2H3. The summed E-state index contributed by atoms with van der Waals surface area (Å²) < 4.78 is 17.6. The number of methoxy groups -OCH3 is 1. The van der Waals surface area contributed by atoms with Crippen LogP contribution in [0, 0.1) is 12.7 Å². The van der Waals surface area contributed by atoms with Gasteiger partial charge in [-0.05, 0) is 18.6 Å². The van der Waals surface area contributed by atoms with E-state index < -0.39 is 11.8 Å². The summed E-state index contributed by atoms with van der Waals surface area (Å²) in [6.45, 7) is 1.50. The summed E-state index contributed by atoms with van der Waals surface area (Å²) in [5.74, 6) is -1.22. The molecule has 0 amide bonds. The van der Waals surface area contributed by atoms with Crippen LogP contribution in [0.2, 0.25) is 0 Å². The third kappa shape index (κ3) is 2.27. The van der Waals surface area contributed by atoms with E-state index in [-0.39, 0.29) is 16.8 Å². The first kappa shape index (κ1) is 11.1. The van der Waals surface area contributed by atoms with E-state index in [1.165, 1.54) is 26.2 Å². The number of hydrogen-bond donors (Lipinski definition) is 0. The second kappa shape index (κ2) is 4.48. The summed E-state index contributed by atoms with van der Waals surface area (Å²) in [6.07, 6.45) is 1.25. The smallest absolute Gasteiger partial charge is 0.340 e. The van der Waals surface area contributed by atoms with Crippen molar-refractivity contribution < 1.29 is 18.7 Å². The summed E-state index contributed by atoms with van der Waals surface area (Å²) in [7, 11) is 1.19. The van der Waals surface area contributed by atoms with Gasteiger partial charge >= 0.3 is 5.97 Å². The highest BCUT2D eigenvalue weighted by Gasteiger charge is 2.14. The van der Waals surface area contributed by atoms with Gasteiger partial charge in [0.25, 0.3) is 0 Å². The van der Waals surface area contributed by atoms with Gasteiger partial charge in [0, 0.05) is 6.07 Å². The van der Waals surface area contributed by atoms with Gasteiger partial charge in [0.2, 0.25) is 6.08 Å². The molecule has 0 heterocycles. The first-order valence-corrected chi connectivity index (χ1v) is 4.06. The zero-order valence-electron chi connectivity index (χ0n) is 8.20. The van der Waals surface area contributed by atoms with Crippen molar-refractivity contribution in [1.29, 1.82) is 0 Å². The van der Waals surface area contributed by atoms with Crippen LogP contribution >= 0.6 is 0 Å². The monoisotopic (exact) mass is 209 g/mol. The van der Waals surface area contributed by atoms with E-state index in [1.54, 1.807) is 0 Å². The summed E-state index contributed by atoms with van der Waals surface area (Å²) >= 11 is 0. The number of hydrogen-bond acceptors (Lipinski definition) is 4. The highest BCUT2D eigenvalue weighted by Crippen LogP contribution is 2.23. The van der Waals surface area contributed by atoms with Gasteiger partial charge in [-0.25, -0.2) is 14.0 Å². The maximum atomic E-state index is 13.1. The second-order valence-corrected chi connectivity index (χ2v) is 2.81. The lowest BCUT2D eigenvalue weighted by atomic mass is 10.1. The van der Waals surface area contributed by atoms with Crippen molar-refractivity contribution in [2.45, 2.75) is 6.92 Å². The van der Waals surface area contributed by atoms with Gasteiger partial charge < -0.3 is 4.74 Å². The quantitative estimate of drug-likeness (QED) is 0.424. The predicted octanol–water partition coefficient (Wildman–Crippen LogP) is 1.89. The number of esters is 1. The third-order valence-corrected chi connectivity index (χ3v) is 1.85. The van der Waals surface area contributed by atoms with Crippen LogP contribution in [0.1, 0.15) is 15.9 Å². The molecule has 1 aromatic rings. The molecule has 1 aromatic carbocycles. The maximum Gasteiger partial charge on any atom is 0.340 e. The molecule has 0 aliphatic heterocycles. The van der Waals surface area contributed by atoms with Crippen molar-refractivity contribution in [2.24, 2.45) is 4.99 Å². The average molecular weight is 209 g/mol. The molecule has 0 aliphatic rings. The lowest BCUT2D eigenvalue weighted by Crippen LogP contribution is -2.02. The first-order valence-electron chi connectivity index (χ1n) is 4.06. The Bertz CT molecular complexity index is 450. The zero-order chi connectivity index (χ0) is 11.4. The van der Waals surface area contributed by atoms with E-state index in [1.807, 2.05) is 0 Å². The number of benzene rings is 1. The van der Waals surface area contributed by atoms with Crippen molar-refractivity contribution in [3.8, 4) is 0 Å². The van der Waals surface area contributed by atoms with Gasteiger partial charge in [-0.15, -0.1) is 0 Å². The van der Waals surface area contributed by atoms with Crippen LogP contribution in [0.5, 0.6) is 0 Å². The SMILES string of the molecule is COC(=O)c1cc(C)c(F)cc1N=C=O. The Kier molecular flexibility index (Phi) is 3.31. The lowest BCUT2D eigenvalue weighted by Gasteiger charge is -2.04. The second-order valence-electron chi connectivity index (χ2n) is 2.81. The van der Waals surface area contributed by atoms with E-state index in [0.717, 1.165) is 6.07 Å². The van der Waals surface area contributed by atoms with Crippen molar-refractivity contribution in [2.75, 3.05) is 7.11 Å². The number of carbonyl (C=O) groups excluding carboxylic acids is 2. The van der Waals surface area contributed by atoms with Crippen molar-refractivity contribution in [1.82, 2.24) is 0 Å². The molecule has 0 aromatic heterocycles. The molecule has 0 N–H and O–H groups in total. The summed E-state index contributed by atoms with van der Waals surface area (Å²) in [4.78, 5) is 24.5.